The largest absolute Gasteiger partial charge is 0.348 e. The van der Waals surface area contributed by atoms with Gasteiger partial charge in [0.15, 0.2) is 0 Å². The highest BCUT2D eigenvalue weighted by Gasteiger charge is 1.98. The van der Waals surface area contributed by atoms with E-state index in [0.29, 0.717) is 5.82 Å². The van der Waals surface area contributed by atoms with Gasteiger partial charge in [-0.2, -0.15) is 0 Å². The topological polar surface area (TPSA) is 45.8 Å². The molecule has 1 aromatic heterocycles. The minimum absolute atomic E-state index is 0.175. The molecule has 1 rings (SSSR count). The van der Waals surface area contributed by atoms with Crippen molar-refractivity contribution in [3.63, 3.8) is 0 Å². The lowest BCUT2D eigenvalue weighted by atomic mass is 10.4. The number of aromatic nitrogens is 2. The van der Waals surface area contributed by atoms with Crippen molar-refractivity contribution >= 4 is 16.8 Å². The van der Waals surface area contributed by atoms with Crippen LogP contribution in [0.4, 0.5) is 0 Å². The maximum atomic E-state index is 10.2. The third kappa shape index (κ3) is 1.85. The summed E-state index contributed by atoms with van der Waals surface area (Å²) in [5.41, 5.74) is 0. The Hall–Kier alpha value is -0.830. The molecular formula is C5H5ClN2O. The summed E-state index contributed by atoms with van der Waals surface area (Å²) < 4.78 is 0. The van der Waals surface area contributed by atoms with E-state index in [4.69, 9.17) is 11.6 Å². The van der Waals surface area contributed by atoms with Gasteiger partial charge in [0.05, 0.1) is 6.42 Å². The van der Waals surface area contributed by atoms with Crippen molar-refractivity contribution in [2.24, 2.45) is 0 Å². The predicted octanol–water partition coefficient (Wildman–Crippen LogP) is 0.718. The summed E-state index contributed by atoms with van der Waals surface area (Å²) in [7, 11) is 0. The summed E-state index contributed by atoms with van der Waals surface area (Å²) in [6, 6.07) is 0. The number of imidazole rings is 1. The Morgan fingerprint density at radius 1 is 1.89 bits per heavy atom. The van der Waals surface area contributed by atoms with Crippen molar-refractivity contribution < 1.29 is 4.79 Å². The number of hydrogen-bond acceptors (Lipinski definition) is 2. The van der Waals surface area contributed by atoms with Crippen LogP contribution in [0.5, 0.6) is 0 Å². The van der Waals surface area contributed by atoms with E-state index in [-0.39, 0.29) is 6.42 Å². The second kappa shape index (κ2) is 2.64. The lowest BCUT2D eigenvalue weighted by molar-refractivity contribution is -0.111. The molecule has 0 bridgehead atoms. The van der Waals surface area contributed by atoms with Crippen LogP contribution in [0.1, 0.15) is 5.82 Å². The fourth-order valence-electron chi connectivity index (χ4n) is 0.526. The molecule has 0 fully saturated rings. The van der Waals surface area contributed by atoms with E-state index in [0.717, 1.165) is 0 Å². The van der Waals surface area contributed by atoms with Gasteiger partial charge in [-0.3, -0.25) is 4.79 Å². The molecule has 0 aliphatic carbocycles. The van der Waals surface area contributed by atoms with E-state index in [1.54, 1.807) is 12.4 Å². The molecule has 4 heteroatoms. The van der Waals surface area contributed by atoms with Gasteiger partial charge in [-0.1, -0.05) is 0 Å². The van der Waals surface area contributed by atoms with Crippen LogP contribution in [0.25, 0.3) is 0 Å². The molecule has 0 aromatic carbocycles. The lowest BCUT2D eigenvalue weighted by Crippen LogP contribution is -1.94. The third-order valence-corrected chi connectivity index (χ3v) is 0.995. The standard InChI is InChI=1S/C5H5ClN2O/c6-4(9)3-5-7-1-2-8-5/h1-2H,3H2,(H,7,8). The Balaban J connectivity index is 2.58. The average Bonchev–Trinajstić information content (AvgIpc) is 2.15. The number of halogens is 1. The van der Waals surface area contributed by atoms with Gasteiger partial charge in [-0.25, -0.2) is 4.98 Å². The van der Waals surface area contributed by atoms with E-state index in [2.05, 4.69) is 9.97 Å². The Kier molecular flexibility index (Phi) is 1.85. The Morgan fingerprint density at radius 2 is 2.67 bits per heavy atom. The number of nitrogens with zero attached hydrogens (tertiary/aromatic N) is 1. The fraction of sp³-hybridized carbons (Fsp3) is 0.200. The predicted molar refractivity (Wildman–Crippen MR) is 33.2 cm³/mol. The Morgan fingerprint density at radius 3 is 3.11 bits per heavy atom. The van der Waals surface area contributed by atoms with Gasteiger partial charge in [0.25, 0.3) is 0 Å². The first kappa shape index (κ1) is 6.29. The van der Waals surface area contributed by atoms with E-state index >= 15 is 0 Å². The second-order valence-electron chi connectivity index (χ2n) is 1.57. The molecule has 48 valence electrons. The molecular weight excluding hydrogens is 140 g/mol. The highest BCUT2D eigenvalue weighted by atomic mass is 35.5. The van der Waals surface area contributed by atoms with Crippen molar-refractivity contribution in [3.05, 3.63) is 18.2 Å². The highest BCUT2D eigenvalue weighted by molar-refractivity contribution is 6.63. The first-order chi connectivity index (χ1) is 4.29. The molecule has 1 heterocycles. The van der Waals surface area contributed by atoms with E-state index in [1.165, 1.54) is 0 Å². The number of carbonyl (C=O) groups is 1. The molecule has 0 amide bonds. The summed E-state index contributed by atoms with van der Waals surface area (Å²) in [5, 5.41) is -0.398. The second-order valence-corrected chi connectivity index (χ2v) is 1.99. The molecule has 0 saturated heterocycles. The van der Waals surface area contributed by atoms with Crippen molar-refractivity contribution in [2.75, 3.05) is 0 Å². The zero-order valence-corrected chi connectivity index (χ0v) is 5.35. The van der Waals surface area contributed by atoms with Crippen LogP contribution in [-0.2, 0) is 11.2 Å². The van der Waals surface area contributed by atoms with Crippen LogP contribution >= 0.6 is 11.6 Å². The molecule has 0 spiro atoms. The maximum absolute atomic E-state index is 10.2. The van der Waals surface area contributed by atoms with Gasteiger partial charge in [0.1, 0.15) is 5.82 Å². The van der Waals surface area contributed by atoms with E-state index in [9.17, 15) is 4.79 Å². The summed E-state index contributed by atoms with van der Waals surface area (Å²) in [6.07, 6.45) is 3.40. The number of hydrogen-bond donors (Lipinski definition) is 1. The third-order valence-electron chi connectivity index (χ3n) is 0.861. The molecule has 0 aliphatic heterocycles. The summed E-state index contributed by atoms with van der Waals surface area (Å²) in [5.74, 6) is 0.606. The number of H-pyrrole nitrogens is 1. The number of nitrogens with one attached hydrogen (secondary N) is 1. The monoisotopic (exact) mass is 144 g/mol. The molecule has 0 atom stereocenters. The van der Waals surface area contributed by atoms with Gasteiger partial charge in [-0.05, 0) is 11.6 Å². The smallest absolute Gasteiger partial charge is 0.229 e. The van der Waals surface area contributed by atoms with Gasteiger partial charge in [0.2, 0.25) is 5.24 Å². The fourth-order valence-corrected chi connectivity index (χ4v) is 0.653. The molecule has 0 saturated carbocycles. The number of aromatic amines is 1. The first-order valence-electron chi connectivity index (χ1n) is 2.45. The number of rotatable bonds is 2. The molecule has 0 unspecified atom stereocenters. The van der Waals surface area contributed by atoms with Crippen LogP contribution in [0, 0.1) is 0 Å². The van der Waals surface area contributed by atoms with Crippen LogP contribution in [0.3, 0.4) is 0 Å². The summed E-state index contributed by atoms with van der Waals surface area (Å²) >= 11 is 5.07. The normalized spacial score (nSPS) is 9.44. The zero-order valence-electron chi connectivity index (χ0n) is 4.60. The van der Waals surface area contributed by atoms with Gasteiger partial charge < -0.3 is 4.98 Å². The minimum atomic E-state index is -0.398. The first-order valence-corrected chi connectivity index (χ1v) is 2.83. The van der Waals surface area contributed by atoms with Gasteiger partial charge >= 0.3 is 0 Å². The molecule has 3 nitrogen and oxygen atoms in total. The molecule has 0 radical (unpaired) electrons. The average molecular weight is 145 g/mol. The van der Waals surface area contributed by atoms with Gasteiger partial charge in [0, 0.05) is 12.4 Å². The Bertz CT molecular complexity index is 195. The quantitative estimate of drug-likeness (QED) is 0.622. The SMILES string of the molecule is O=C(Cl)Cc1ncc[nH]1. The van der Waals surface area contributed by atoms with Crippen molar-refractivity contribution in [3.8, 4) is 0 Å². The maximum Gasteiger partial charge on any atom is 0.229 e. The van der Waals surface area contributed by atoms with E-state index < -0.39 is 5.24 Å². The molecule has 0 aliphatic rings. The van der Waals surface area contributed by atoms with Crippen LogP contribution in [0.15, 0.2) is 12.4 Å². The van der Waals surface area contributed by atoms with Crippen LogP contribution in [-0.4, -0.2) is 15.2 Å². The minimum Gasteiger partial charge on any atom is -0.348 e. The summed E-state index contributed by atoms with van der Waals surface area (Å²) in [6.45, 7) is 0. The summed E-state index contributed by atoms with van der Waals surface area (Å²) in [4.78, 5) is 16.8. The van der Waals surface area contributed by atoms with E-state index in [1.807, 2.05) is 0 Å². The Labute approximate surface area is 57.1 Å². The number of carbonyl (C=O) groups excluding carboxylic acids is 1. The van der Waals surface area contributed by atoms with Crippen molar-refractivity contribution in [2.45, 2.75) is 6.42 Å². The molecule has 1 N–H and O–H groups in total. The van der Waals surface area contributed by atoms with Crippen molar-refractivity contribution in [1.82, 2.24) is 9.97 Å². The van der Waals surface area contributed by atoms with Crippen LogP contribution in [0.2, 0.25) is 0 Å². The zero-order chi connectivity index (χ0) is 6.69. The molecule has 9 heavy (non-hydrogen) atoms. The highest BCUT2D eigenvalue weighted by Crippen LogP contribution is 1.92. The van der Waals surface area contributed by atoms with Crippen LogP contribution < -0.4 is 0 Å². The lowest BCUT2D eigenvalue weighted by Gasteiger charge is -1.84. The van der Waals surface area contributed by atoms with Crippen molar-refractivity contribution in [1.29, 1.82) is 0 Å². The van der Waals surface area contributed by atoms with Gasteiger partial charge in [-0.15, -0.1) is 0 Å². The molecule has 1 aromatic rings.